The number of hydrogen-bond donors (Lipinski definition) is 1. The largest absolute Gasteiger partial charge is 0.378 e. The Bertz CT molecular complexity index is 561. The van der Waals surface area contributed by atoms with E-state index in [2.05, 4.69) is 4.98 Å². The third-order valence-electron chi connectivity index (χ3n) is 2.30. The number of benzene rings is 1. The van der Waals surface area contributed by atoms with Gasteiger partial charge < -0.3 is 5.73 Å². The van der Waals surface area contributed by atoms with E-state index in [4.69, 9.17) is 5.73 Å². The van der Waals surface area contributed by atoms with Gasteiger partial charge in [0.05, 0.1) is 9.95 Å². The second kappa shape index (κ2) is 5.50. The van der Waals surface area contributed by atoms with E-state index in [1.54, 1.807) is 6.07 Å². The number of nitrogen functional groups attached to an aromatic ring is 1. The van der Waals surface area contributed by atoms with Gasteiger partial charge in [-0.25, -0.2) is 4.98 Å². The van der Waals surface area contributed by atoms with E-state index in [0.29, 0.717) is 5.03 Å². The molecule has 6 heteroatoms. The van der Waals surface area contributed by atoms with Gasteiger partial charge in [-0.2, -0.15) is 0 Å². The second-order valence-electron chi connectivity index (χ2n) is 3.59. The maximum atomic E-state index is 10.6. The van der Waals surface area contributed by atoms with E-state index in [1.807, 2.05) is 30.3 Å². The summed E-state index contributed by atoms with van der Waals surface area (Å²) in [6, 6.07) is 12.9. The molecule has 92 valence electrons. The fourth-order valence-electron chi connectivity index (χ4n) is 1.42. The van der Waals surface area contributed by atoms with Gasteiger partial charge >= 0.3 is 5.69 Å². The average Bonchev–Trinajstić information content (AvgIpc) is 2.37. The Labute approximate surface area is 108 Å². The quantitative estimate of drug-likeness (QED) is 0.520. The third kappa shape index (κ3) is 2.98. The lowest BCUT2D eigenvalue weighted by molar-refractivity contribution is -0.384. The zero-order chi connectivity index (χ0) is 13.0. The van der Waals surface area contributed by atoms with Crippen molar-refractivity contribution in [3.63, 3.8) is 0 Å². The van der Waals surface area contributed by atoms with E-state index in [1.165, 1.54) is 23.4 Å². The topological polar surface area (TPSA) is 82.0 Å². The van der Waals surface area contributed by atoms with Gasteiger partial charge in [0.1, 0.15) is 0 Å². The molecule has 2 rings (SSSR count). The fraction of sp³-hybridized carbons (Fsp3) is 0.0833. The van der Waals surface area contributed by atoms with Crippen LogP contribution in [0.4, 0.5) is 11.5 Å². The highest BCUT2D eigenvalue weighted by atomic mass is 32.2. The van der Waals surface area contributed by atoms with E-state index >= 15 is 0 Å². The van der Waals surface area contributed by atoms with Gasteiger partial charge in [0.25, 0.3) is 0 Å². The Kier molecular flexibility index (Phi) is 3.78. The Balaban J connectivity index is 2.07. The summed E-state index contributed by atoms with van der Waals surface area (Å²) in [4.78, 5) is 14.1. The van der Waals surface area contributed by atoms with Crippen molar-refractivity contribution in [2.24, 2.45) is 0 Å². The first-order valence-corrected chi connectivity index (χ1v) is 6.23. The summed E-state index contributed by atoms with van der Waals surface area (Å²) in [5.41, 5.74) is 6.54. The van der Waals surface area contributed by atoms with Crippen molar-refractivity contribution >= 4 is 23.3 Å². The Hall–Kier alpha value is -2.08. The molecule has 0 saturated heterocycles. The smallest absolute Gasteiger partial charge is 0.311 e. The van der Waals surface area contributed by atoms with Crippen molar-refractivity contribution in [3.05, 3.63) is 58.1 Å². The summed E-state index contributed by atoms with van der Waals surface area (Å²) in [6.45, 7) is 0. The lowest BCUT2D eigenvalue weighted by atomic mass is 10.2. The Morgan fingerprint density at radius 3 is 2.56 bits per heavy atom. The molecule has 0 radical (unpaired) electrons. The van der Waals surface area contributed by atoms with Crippen LogP contribution in [0.15, 0.2) is 47.5 Å². The molecule has 18 heavy (non-hydrogen) atoms. The second-order valence-corrected chi connectivity index (χ2v) is 4.58. The molecular formula is C12H11N3O2S. The van der Waals surface area contributed by atoms with Crippen molar-refractivity contribution in [2.75, 3.05) is 5.73 Å². The molecule has 0 fully saturated rings. The molecule has 5 nitrogen and oxygen atoms in total. The Morgan fingerprint density at radius 1 is 1.22 bits per heavy atom. The number of pyridine rings is 1. The van der Waals surface area contributed by atoms with Crippen LogP contribution >= 0.6 is 11.8 Å². The molecule has 1 heterocycles. The summed E-state index contributed by atoms with van der Waals surface area (Å²) in [7, 11) is 0. The van der Waals surface area contributed by atoms with E-state index in [9.17, 15) is 10.1 Å². The molecule has 0 bridgehead atoms. The number of nitrogens with two attached hydrogens (primary N) is 1. The molecular weight excluding hydrogens is 250 g/mol. The summed E-state index contributed by atoms with van der Waals surface area (Å²) >= 11 is 1.49. The minimum absolute atomic E-state index is 0.0435. The fourth-order valence-corrected chi connectivity index (χ4v) is 2.25. The monoisotopic (exact) mass is 261 g/mol. The van der Waals surface area contributed by atoms with Crippen molar-refractivity contribution in [1.82, 2.24) is 4.98 Å². The molecule has 0 aliphatic rings. The molecule has 1 aromatic heterocycles. The van der Waals surface area contributed by atoms with Crippen molar-refractivity contribution in [1.29, 1.82) is 0 Å². The normalized spacial score (nSPS) is 10.2. The molecule has 0 amide bonds. The van der Waals surface area contributed by atoms with Crippen LogP contribution < -0.4 is 5.73 Å². The van der Waals surface area contributed by atoms with Crippen molar-refractivity contribution in [2.45, 2.75) is 10.8 Å². The van der Waals surface area contributed by atoms with Gasteiger partial charge in [-0.1, -0.05) is 30.3 Å². The molecule has 0 saturated carbocycles. The van der Waals surface area contributed by atoms with Crippen molar-refractivity contribution in [3.8, 4) is 0 Å². The first-order chi connectivity index (χ1) is 8.66. The SMILES string of the molecule is Nc1nc(SCc2ccccc2)ccc1[N+](=O)[O-]. The maximum Gasteiger partial charge on any atom is 0.311 e. The lowest BCUT2D eigenvalue weighted by Crippen LogP contribution is -1.98. The minimum Gasteiger partial charge on any atom is -0.378 e. The van der Waals surface area contributed by atoms with Crippen molar-refractivity contribution < 1.29 is 4.92 Å². The van der Waals surface area contributed by atoms with Crippen LogP contribution in [0.2, 0.25) is 0 Å². The first kappa shape index (κ1) is 12.4. The van der Waals surface area contributed by atoms with Gasteiger partial charge in [0.15, 0.2) is 0 Å². The van der Waals surface area contributed by atoms with Crippen LogP contribution in [0, 0.1) is 10.1 Å². The van der Waals surface area contributed by atoms with E-state index < -0.39 is 4.92 Å². The van der Waals surface area contributed by atoms with Gasteiger partial charge in [-0.3, -0.25) is 10.1 Å². The zero-order valence-electron chi connectivity index (χ0n) is 9.45. The van der Waals surface area contributed by atoms with Gasteiger partial charge in [-0.15, -0.1) is 11.8 Å². The van der Waals surface area contributed by atoms with E-state index in [0.717, 1.165) is 5.75 Å². The number of nitro groups is 1. The number of rotatable bonds is 4. The van der Waals surface area contributed by atoms with Crippen LogP contribution in [-0.4, -0.2) is 9.91 Å². The van der Waals surface area contributed by atoms with Crippen LogP contribution in [-0.2, 0) is 5.75 Å². The highest BCUT2D eigenvalue weighted by Crippen LogP contribution is 2.26. The molecule has 0 atom stereocenters. The minimum atomic E-state index is -0.534. The third-order valence-corrected chi connectivity index (χ3v) is 3.30. The summed E-state index contributed by atoms with van der Waals surface area (Å²) in [6.07, 6.45) is 0. The van der Waals surface area contributed by atoms with Crippen LogP contribution in [0.25, 0.3) is 0 Å². The highest BCUT2D eigenvalue weighted by molar-refractivity contribution is 7.98. The molecule has 0 spiro atoms. The van der Waals surface area contributed by atoms with Gasteiger partial charge in [0.2, 0.25) is 5.82 Å². The summed E-state index contributed by atoms with van der Waals surface area (Å²) < 4.78 is 0. The first-order valence-electron chi connectivity index (χ1n) is 5.24. The number of hydrogen-bond acceptors (Lipinski definition) is 5. The predicted octanol–water partition coefficient (Wildman–Crippen LogP) is 2.86. The molecule has 0 aliphatic heterocycles. The zero-order valence-corrected chi connectivity index (χ0v) is 10.3. The molecule has 0 aliphatic carbocycles. The molecule has 1 aromatic carbocycles. The van der Waals surface area contributed by atoms with Gasteiger partial charge in [0, 0.05) is 11.8 Å². The van der Waals surface area contributed by atoms with Crippen LogP contribution in [0.5, 0.6) is 0 Å². The summed E-state index contributed by atoms with van der Waals surface area (Å²) in [5.74, 6) is 0.712. The van der Waals surface area contributed by atoms with Crippen LogP contribution in [0.3, 0.4) is 0 Å². The molecule has 0 unspecified atom stereocenters. The predicted molar refractivity (Wildman–Crippen MR) is 71.3 cm³/mol. The van der Waals surface area contributed by atoms with Gasteiger partial charge in [-0.05, 0) is 11.6 Å². The van der Waals surface area contributed by atoms with E-state index in [-0.39, 0.29) is 11.5 Å². The molecule has 2 N–H and O–H groups in total. The maximum absolute atomic E-state index is 10.6. The number of thioether (sulfide) groups is 1. The lowest BCUT2D eigenvalue weighted by Gasteiger charge is -2.02. The number of aromatic nitrogens is 1. The number of nitrogens with zero attached hydrogens (tertiary/aromatic N) is 2. The standard InChI is InChI=1S/C12H11N3O2S/c13-12-10(15(16)17)6-7-11(14-12)18-8-9-4-2-1-3-5-9/h1-7H,8H2,(H2,13,14). The average molecular weight is 261 g/mol. The number of anilines is 1. The highest BCUT2D eigenvalue weighted by Gasteiger charge is 2.12. The summed E-state index contributed by atoms with van der Waals surface area (Å²) in [5, 5.41) is 11.3. The Morgan fingerprint density at radius 2 is 1.94 bits per heavy atom. The van der Waals surface area contributed by atoms with Crippen LogP contribution in [0.1, 0.15) is 5.56 Å². The molecule has 2 aromatic rings.